The third kappa shape index (κ3) is 5.08. The first kappa shape index (κ1) is 20.1. The molecule has 3 N–H and O–H groups in total. The molecule has 0 radical (unpaired) electrons. The Labute approximate surface area is 179 Å². The van der Waals surface area contributed by atoms with Crippen molar-refractivity contribution in [2.75, 3.05) is 7.05 Å². The molecule has 0 saturated heterocycles. The topological polar surface area (TPSA) is 109 Å². The molecule has 0 atom stereocenters. The van der Waals surface area contributed by atoms with E-state index < -0.39 is 0 Å². The lowest BCUT2D eigenvalue weighted by Crippen LogP contribution is -2.36. The van der Waals surface area contributed by atoms with Gasteiger partial charge >= 0.3 is 0 Å². The zero-order valence-electron chi connectivity index (χ0n) is 17.1. The summed E-state index contributed by atoms with van der Waals surface area (Å²) < 4.78 is 7.16. The van der Waals surface area contributed by atoms with Crippen molar-refractivity contribution in [1.82, 2.24) is 30.5 Å². The van der Waals surface area contributed by atoms with Crippen molar-refractivity contribution in [2.24, 2.45) is 4.99 Å². The van der Waals surface area contributed by atoms with Crippen LogP contribution in [-0.4, -0.2) is 33.5 Å². The van der Waals surface area contributed by atoms with Gasteiger partial charge in [0.05, 0.1) is 19.4 Å². The maximum absolute atomic E-state index is 12.4. The predicted octanol–water partition coefficient (Wildman–Crippen LogP) is 2.12. The Balaban J connectivity index is 1.31. The molecule has 31 heavy (non-hydrogen) atoms. The van der Waals surface area contributed by atoms with Gasteiger partial charge in [0.1, 0.15) is 5.76 Å². The smallest absolute Gasteiger partial charge is 0.251 e. The van der Waals surface area contributed by atoms with Gasteiger partial charge < -0.3 is 20.4 Å². The number of fused-ring (bicyclic) bond motifs is 1. The highest BCUT2D eigenvalue weighted by molar-refractivity contribution is 5.94. The molecule has 9 heteroatoms. The lowest BCUT2D eigenvalue weighted by molar-refractivity contribution is 0.0948. The summed E-state index contributed by atoms with van der Waals surface area (Å²) in [4.78, 5) is 16.6. The molecule has 0 unspecified atom stereocenters. The number of aliphatic imine (C=N–C) groups is 1. The summed E-state index contributed by atoms with van der Waals surface area (Å²) in [6.07, 6.45) is 3.51. The number of aromatic nitrogens is 3. The highest BCUT2D eigenvalue weighted by Crippen LogP contribution is 2.07. The predicted molar refractivity (Wildman–Crippen MR) is 116 cm³/mol. The average molecular weight is 417 g/mol. The van der Waals surface area contributed by atoms with Crippen LogP contribution in [0.1, 0.15) is 27.5 Å². The van der Waals surface area contributed by atoms with Crippen molar-refractivity contribution >= 4 is 17.5 Å². The van der Waals surface area contributed by atoms with E-state index in [-0.39, 0.29) is 5.91 Å². The number of rotatable bonds is 7. The van der Waals surface area contributed by atoms with Crippen LogP contribution in [0.2, 0.25) is 0 Å². The number of furan rings is 1. The highest BCUT2D eigenvalue weighted by Gasteiger charge is 2.08. The summed E-state index contributed by atoms with van der Waals surface area (Å²) >= 11 is 0. The average Bonchev–Trinajstić information content (AvgIpc) is 3.48. The molecule has 1 aromatic carbocycles. The van der Waals surface area contributed by atoms with Gasteiger partial charge in [-0.15, -0.1) is 10.2 Å². The Morgan fingerprint density at radius 3 is 2.74 bits per heavy atom. The van der Waals surface area contributed by atoms with Crippen LogP contribution in [-0.2, 0) is 19.6 Å². The molecule has 0 bridgehead atoms. The van der Waals surface area contributed by atoms with Crippen molar-refractivity contribution in [3.05, 3.63) is 89.8 Å². The summed E-state index contributed by atoms with van der Waals surface area (Å²) in [6.45, 7) is 1.34. The number of carbonyl (C=O) groups excluding carboxylic acids is 1. The summed E-state index contributed by atoms with van der Waals surface area (Å²) in [5, 5.41) is 17.7. The number of amides is 1. The third-order valence-corrected chi connectivity index (χ3v) is 4.67. The Bertz CT molecular complexity index is 1180. The first-order valence-corrected chi connectivity index (χ1v) is 9.85. The lowest BCUT2D eigenvalue weighted by Gasteiger charge is -2.12. The molecule has 4 rings (SSSR count). The van der Waals surface area contributed by atoms with Gasteiger partial charge in [-0.2, -0.15) is 0 Å². The first-order valence-electron chi connectivity index (χ1n) is 9.85. The minimum Gasteiger partial charge on any atom is -0.467 e. The number of hydrogen-bond donors (Lipinski definition) is 3. The molecule has 4 aromatic rings. The van der Waals surface area contributed by atoms with E-state index in [0.29, 0.717) is 36.9 Å². The van der Waals surface area contributed by atoms with Gasteiger partial charge in [0.25, 0.3) is 5.91 Å². The number of benzene rings is 1. The minimum atomic E-state index is -0.153. The summed E-state index contributed by atoms with van der Waals surface area (Å²) in [6, 6.07) is 16.8. The second kappa shape index (κ2) is 9.57. The van der Waals surface area contributed by atoms with E-state index in [1.54, 1.807) is 25.4 Å². The van der Waals surface area contributed by atoms with Gasteiger partial charge in [0.15, 0.2) is 17.4 Å². The molecular weight excluding hydrogens is 394 g/mol. The fraction of sp³-hybridized carbons (Fsp3) is 0.182. The van der Waals surface area contributed by atoms with Crippen molar-refractivity contribution in [2.45, 2.75) is 19.6 Å². The van der Waals surface area contributed by atoms with Crippen molar-refractivity contribution in [3.8, 4) is 0 Å². The van der Waals surface area contributed by atoms with Crippen molar-refractivity contribution in [1.29, 1.82) is 0 Å². The van der Waals surface area contributed by atoms with Crippen LogP contribution in [0.3, 0.4) is 0 Å². The van der Waals surface area contributed by atoms with Crippen LogP contribution in [0.25, 0.3) is 5.65 Å². The van der Waals surface area contributed by atoms with Crippen LogP contribution >= 0.6 is 0 Å². The Hall–Kier alpha value is -4.14. The zero-order valence-corrected chi connectivity index (χ0v) is 17.1. The summed E-state index contributed by atoms with van der Waals surface area (Å²) in [7, 11) is 1.70. The van der Waals surface area contributed by atoms with E-state index >= 15 is 0 Å². The van der Waals surface area contributed by atoms with Crippen molar-refractivity contribution in [3.63, 3.8) is 0 Å². The monoisotopic (exact) mass is 417 g/mol. The van der Waals surface area contributed by atoms with Crippen LogP contribution in [0.4, 0.5) is 0 Å². The van der Waals surface area contributed by atoms with Gasteiger partial charge in [0, 0.05) is 25.4 Å². The van der Waals surface area contributed by atoms with E-state index in [1.807, 2.05) is 53.1 Å². The fourth-order valence-electron chi connectivity index (χ4n) is 3.09. The van der Waals surface area contributed by atoms with Gasteiger partial charge in [0.2, 0.25) is 0 Å². The standard InChI is InChI=1S/C22H23N7O2/c1-23-22(26-15-20-28-27-19-9-2-3-10-29(19)20)25-13-16-6-4-7-17(12-16)21(30)24-14-18-8-5-11-31-18/h2-12H,13-15H2,1H3,(H,24,30)(H2,23,25,26). The zero-order chi connectivity index (χ0) is 21.5. The largest absolute Gasteiger partial charge is 0.467 e. The Morgan fingerprint density at radius 2 is 1.90 bits per heavy atom. The first-order chi connectivity index (χ1) is 15.2. The van der Waals surface area contributed by atoms with Crippen LogP contribution in [0.5, 0.6) is 0 Å². The number of pyridine rings is 1. The van der Waals surface area contributed by atoms with Crippen molar-refractivity contribution < 1.29 is 9.21 Å². The molecule has 0 saturated carbocycles. The third-order valence-electron chi connectivity index (χ3n) is 4.67. The summed E-state index contributed by atoms with van der Waals surface area (Å²) in [5.74, 6) is 1.97. The van der Waals surface area contributed by atoms with E-state index in [1.165, 1.54) is 0 Å². The molecule has 0 aliphatic carbocycles. The second-order valence-corrected chi connectivity index (χ2v) is 6.79. The quantitative estimate of drug-likeness (QED) is 0.314. The Kier molecular flexibility index (Phi) is 6.22. The van der Waals surface area contributed by atoms with Gasteiger partial charge in [-0.1, -0.05) is 18.2 Å². The molecule has 0 aliphatic rings. The molecule has 3 heterocycles. The molecule has 0 spiro atoms. The highest BCUT2D eigenvalue weighted by atomic mass is 16.3. The number of nitrogens with zero attached hydrogens (tertiary/aromatic N) is 4. The number of guanidine groups is 1. The van der Waals surface area contributed by atoms with E-state index in [9.17, 15) is 4.79 Å². The molecule has 0 fully saturated rings. The number of hydrogen-bond acceptors (Lipinski definition) is 5. The molecule has 3 aromatic heterocycles. The van der Waals surface area contributed by atoms with E-state index in [2.05, 4.69) is 31.1 Å². The van der Waals surface area contributed by atoms with Crippen LogP contribution in [0, 0.1) is 0 Å². The number of nitrogens with one attached hydrogen (secondary N) is 3. The van der Waals surface area contributed by atoms with E-state index in [4.69, 9.17) is 4.42 Å². The SMILES string of the molecule is CN=C(NCc1cccc(C(=O)NCc2ccco2)c1)NCc1nnc2ccccn12. The maximum Gasteiger partial charge on any atom is 0.251 e. The minimum absolute atomic E-state index is 0.153. The Morgan fingerprint density at radius 1 is 1.00 bits per heavy atom. The molecule has 9 nitrogen and oxygen atoms in total. The fourth-order valence-corrected chi connectivity index (χ4v) is 3.09. The van der Waals surface area contributed by atoms with Gasteiger partial charge in [-0.05, 0) is 42.0 Å². The van der Waals surface area contributed by atoms with E-state index in [0.717, 1.165) is 17.0 Å². The van der Waals surface area contributed by atoms with Crippen LogP contribution in [0.15, 0.2) is 76.5 Å². The molecular formula is C22H23N7O2. The normalized spacial score (nSPS) is 11.5. The lowest BCUT2D eigenvalue weighted by atomic mass is 10.1. The number of carbonyl (C=O) groups is 1. The molecule has 1 amide bonds. The molecule has 0 aliphatic heterocycles. The molecule has 158 valence electrons. The summed E-state index contributed by atoms with van der Waals surface area (Å²) in [5.41, 5.74) is 2.34. The second-order valence-electron chi connectivity index (χ2n) is 6.79. The van der Waals surface area contributed by atoms with Gasteiger partial charge in [-0.3, -0.25) is 14.2 Å². The van der Waals surface area contributed by atoms with Crippen LogP contribution < -0.4 is 16.0 Å². The maximum atomic E-state index is 12.4. The van der Waals surface area contributed by atoms with Gasteiger partial charge in [-0.25, -0.2) is 0 Å².